The molecule has 0 bridgehead atoms. The van der Waals surface area contributed by atoms with Crippen molar-refractivity contribution >= 4 is 11.8 Å². The molecule has 0 aromatic carbocycles. The topological polar surface area (TPSA) is 29.3 Å². The summed E-state index contributed by atoms with van der Waals surface area (Å²) in [6.07, 6.45) is 8.55. The lowest BCUT2D eigenvalue weighted by Gasteiger charge is -2.26. The Balaban J connectivity index is 2.12. The van der Waals surface area contributed by atoms with Crippen LogP contribution in [0.15, 0.2) is 0 Å². The van der Waals surface area contributed by atoms with Gasteiger partial charge in [0.2, 0.25) is 0 Å². The van der Waals surface area contributed by atoms with Gasteiger partial charge in [-0.1, -0.05) is 0 Å². The van der Waals surface area contributed by atoms with E-state index < -0.39 is 0 Å². The van der Waals surface area contributed by atoms with Crippen molar-refractivity contribution in [2.24, 2.45) is 5.73 Å². The molecule has 0 aliphatic carbocycles. The lowest BCUT2D eigenvalue weighted by atomic mass is 10.0. The molecule has 2 N–H and O–H groups in total. The molecule has 84 valence electrons. The van der Waals surface area contributed by atoms with Gasteiger partial charge in [0.15, 0.2) is 0 Å². The third kappa shape index (κ3) is 5.23. The Morgan fingerprint density at radius 1 is 1.29 bits per heavy atom. The maximum Gasteiger partial charge on any atom is 0.00397 e. The molecule has 1 heterocycles. The molecule has 0 spiro atoms. The summed E-state index contributed by atoms with van der Waals surface area (Å²) in [5.41, 5.74) is 5.95. The van der Waals surface area contributed by atoms with E-state index in [1.165, 1.54) is 57.5 Å². The fourth-order valence-electron chi connectivity index (χ4n) is 2.07. The van der Waals surface area contributed by atoms with Gasteiger partial charge in [-0.3, -0.25) is 0 Å². The Labute approximate surface area is 92.6 Å². The molecule has 2 nitrogen and oxygen atoms in total. The van der Waals surface area contributed by atoms with Crippen molar-refractivity contribution in [1.29, 1.82) is 0 Å². The summed E-state index contributed by atoms with van der Waals surface area (Å²) in [5.74, 6) is 1.30. The number of rotatable bonds is 4. The van der Waals surface area contributed by atoms with Crippen LogP contribution in [-0.2, 0) is 0 Å². The maximum atomic E-state index is 5.95. The fourth-order valence-corrected chi connectivity index (χ4v) is 2.48. The number of likely N-dealkylation sites (tertiary alicyclic amines) is 1. The average Bonchev–Trinajstić information content (AvgIpc) is 2.14. The van der Waals surface area contributed by atoms with Crippen molar-refractivity contribution in [1.82, 2.24) is 4.90 Å². The van der Waals surface area contributed by atoms with E-state index in [1.54, 1.807) is 0 Å². The summed E-state index contributed by atoms with van der Waals surface area (Å²) in [7, 11) is 0. The van der Waals surface area contributed by atoms with Gasteiger partial charge in [0.25, 0.3) is 0 Å². The first-order valence-corrected chi connectivity index (χ1v) is 7.19. The second kappa shape index (κ2) is 7.55. The third-order valence-electron chi connectivity index (χ3n) is 2.92. The fraction of sp³-hybridized carbons (Fsp3) is 1.00. The van der Waals surface area contributed by atoms with Gasteiger partial charge in [0, 0.05) is 6.04 Å². The molecule has 3 heteroatoms. The zero-order chi connectivity index (χ0) is 10.2. The highest BCUT2D eigenvalue weighted by Gasteiger charge is 2.11. The number of thioether (sulfide) groups is 1. The number of hydrogen-bond acceptors (Lipinski definition) is 3. The smallest absolute Gasteiger partial charge is 0.00397 e. The van der Waals surface area contributed by atoms with Crippen LogP contribution in [0, 0.1) is 0 Å². The van der Waals surface area contributed by atoms with E-state index in [1.807, 2.05) is 11.8 Å². The van der Waals surface area contributed by atoms with E-state index in [0.717, 1.165) is 0 Å². The van der Waals surface area contributed by atoms with Crippen LogP contribution in [0.5, 0.6) is 0 Å². The van der Waals surface area contributed by atoms with Crippen LogP contribution in [-0.4, -0.2) is 42.6 Å². The standard InChI is InChI=1S/C11H24N2S/c1-14-10-4-9-13-7-2-5-11(12)6-3-8-13/h11H,2-10,12H2,1H3. The van der Waals surface area contributed by atoms with Crippen molar-refractivity contribution in [3.05, 3.63) is 0 Å². The van der Waals surface area contributed by atoms with E-state index in [4.69, 9.17) is 5.73 Å². The SMILES string of the molecule is CSCCCN1CCCC(N)CCC1. The van der Waals surface area contributed by atoms with E-state index in [0.29, 0.717) is 6.04 Å². The Bertz CT molecular complexity index is 128. The Morgan fingerprint density at radius 3 is 2.50 bits per heavy atom. The molecule has 14 heavy (non-hydrogen) atoms. The summed E-state index contributed by atoms with van der Waals surface area (Å²) in [5, 5.41) is 0. The highest BCUT2D eigenvalue weighted by Crippen LogP contribution is 2.10. The minimum Gasteiger partial charge on any atom is -0.328 e. The first kappa shape index (κ1) is 12.3. The molecule has 0 radical (unpaired) electrons. The van der Waals surface area contributed by atoms with Crippen LogP contribution in [0.25, 0.3) is 0 Å². The zero-order valence-electron chi connectivity index (χ0n) is 9.37. The van der Waals surface area contributed by atoms with Crippen LogP contribution in [0.2, 0.25) is 0 Å². The normalized spacial score (nSPS) is 21.9. The van der Waals surface area contributed by atoms with Crippen LogP contribution >= 0.6 is 11.8 Å². The molecule has 1 aliphatic heterocycles. The van der Waals surface area contributed by atoms with Crippen molar-refractivity contribution in [3.8, 4) is 0 Å². The molecular weight excluding hydrogens is 192 g/mol. The van der Waals surface area contributed by atoms with Crippen LogP contribution in [0.4, 0.5) is 0 Å². The molecule has 0 aromatic rings. The van der Waals surface area contributed by atoms with Crippen LogP contribution in [0.3, 0.4) is 0 Å². The van der Waals surface area contributed by atoms with E-state index >= 15 is 0 Å². The largest absolute Gasteiger partial charge is 0.328 e. The molecule has 0 atom stereocenters. The third-order valence-corrected chi connectivity index (χ3v) is 3.62. The highest BCUT2D eigenvalue weighted by molar-refractivity contribution is 7.98. The molecule has 1 aliphatic rings. The number of nitrogens with two attached hydrogens (primary N) is 1. The van der Waals surface area contributed by atoms with E-state index in [9.17, 15) is 0 Å². The summed E-state index contributed by atoms with van der Waals surface area (Å²) in [6, 6.07) is 0.475. The predicted octanol–water partition coefficient (Wildman–Crippen LogP) is 1.94. The van der Waals surface area contributed by atoms with Crippen molar-refractivity contribution in [2.45, 2.75) is 38.1 Å². The highest BCUT2D eigenvalue weighted by atomic mass is 32.2. The second-order valence-corrected chi connectivity index (χ2v) is 5.22. The molecule has 0 unspecified atom stereocenters. The quantitative estimate of drug-likeness (QED) is 0.728. The van der Waals surface area contributed by atoms with Gasteiger partial charge < -0.3 is 10.6 Å². The van der Waals surface area contributed by atoms with Crippen LogP contribution < -0.4 is 5.73 Å². The maximum absolute atomic E-state index is 5.95. The van der Waals surface area contributed by atoms with Crippen LogP contribution in [0.1, 0.15) is 32.1 Å². The van der Waals surface area contributed by atoms with Gasteiger partial charge in [0.1, 0.15) is 0 Å². The lowest BCUT2D eigenvalue weighted by molar-refractivity contribution is 0.241. The van der Waals surface area contributed by atoms with Gasteiger partial charge >= 0.3 is 0 Å². The first-order valence-electron chi connectivity index (χ1n) is 5.80. The number of hydrogen-bond donors (Lipinski definition) is 1. The van der Waals surface area contributed by atoms with Crippen molar-refractivity contribution < 1.29 is 0 Å². The lowest BCUT2D eigenvalue weighted by Crippen LogP contribution is -2.33. The van der Waals surface area contributed by atoms with Gasteiger partial charge in [-0.2, -0.15) is 11.8 Å². The molecule has 1 rings (SSSR count). The van der Waals surface area contributed by atoms with Gasteiger partial charge in [-0.15, -0.1) is 0 Å². The summed E-state index contributed by atoms with van der Waals surface area (Å²) >= 11 is 1.95. The Morgan fingerprint density at radius 2 is 1.93 bits per heavy atom. The molecule has 0 aromatic heterocycles. The molecule has 0 amide bonds. The number of nitrogens with zero attached hydrogens (tertiary/aromatic N) is 1. The van der Waals surface area contributed by atoms with Gasteiger partial charge in [-0.05, 0) is 63.7 Å². The van der Waals surface area contributed by atoms with Crippen molar-refractivity contribution in [3.63, 3.8) is 0 Å². The monoisotopic (exact) mass is 216 g/mol. The zero-order valence-corrected chi connectivity index (χ0v) is 10.2. The Kier molecular flexibility index (Phi) is 6.65. The minimum absolute atomic E-state index is 0.475. The first-order chi connectivity index (χ1) is 6.83. The molecular formula is C11H24N2S. The van der Waals surface area contributed by atoms with E-state index in [2.05, 4.69) is 11.2 Å². The molecule has 0 saturated carbocycles. The summed E-state index contributed by atoms with van der Waals surface area (Å²) in [6.45, 7) is 3.82. The molecule has 1 fully saturated rings. The van der Waals surface area contributed by atoms with Gasteiger partial charge in [-0.25, -0.2) is 0 Å². The second-order valence-electron chi connectivity index (χ2n) is 4.23. The average molecular weight is 216 g/mol. The summed E-state index contributed by atoms with van der Waals surface area (Å²) in [4.78, 5) is 2.61. The predicted molar refractivity (Wildman–Crippen MR) is 65.9 cm³/mol. The minimum atomic E-state index is 0.475. The summed E-state index contributed by atoms with van der Waals surface area (Å²) < 4.78 is 0. The molecule has 1 saturated heterocycles. The van der Waals surface area contributed by atoms with Crippen molar-refractivity contribution in [2.75, 3.05) is 31.6 Å². The van der Waals surface area contributed by atoms with Gasteiger partial charge in [0.05, 0.1) is 0 Å². The van der Waals surface area contributed by atoms with E-state index in [-0.39, 0.29) is 0 Å². The Hall–Kier alpha value is 0.270.